The van der Waals surface area contributed by atoms with Crippen LogP contribution in [0.25, 0.3) is 16.7 Å². The highest BCUT2D eigenvalue weighted by Crippen LogP contribution is 2.33. The number of hydrogen-bond acceptors (Lipinski definition) is 8. The minimum atomic E-state index is -0.320. The van der Waals surface area contributed by atoms with Crippen LogP contribution in [-0.4, -0.2) is 66.7 Å². The van der Waals surface area contributed by atoms with Crippen LogP contribution in [0.1, 0.15) is 5.56 Å². The molecule has 0 spiro atoms. The van der Waals surface area contributed by atoms with Crippen LogP contribution in [0.5, 0.6) is 0 Å². The summed E-state index contributed by atoms with van der Waals surface area (Å²) < 4.78 is 1.85. The van der Waals surface area contributed by atoms with E-state index in [0.717, 1.165) is 29.7 Å². The van der Waals surface area contributed by atoms with E-state index in [4.69, 9.17) is 9.82 Å². The zero-order valence-electron chi connectivity index (χ0n) is 21.9. The number of nitrogens with one attached hydrogen (secondary N) is 1. The molecule has 0 fully saturated rings. The van der Waals surface area contributed by atoms with Crippen LogP contribution in [0.3, 0.4) is 0 Å². The van der Waals surface area contributed by atoms with E-state index >= 15 is 0 Å². The second-order valence-electron chi connectivity index (χ2n) is 8.85. The first-order valence-electron chi connectivity index (χ1n) is 12.0. The maximum absolute atomic E-state index is 12.2. The van der Waals surface area contributed by atoms with Gasteiger partial charge in [-0.3, -0.25) is 14.2 Å². The quantitative estimate of drug-likeness (QED) is 0.251. The van der Waals surface area contributed by atoms with Crippen LogP contribution >= 0.6 is 0 Å². The van der Waals surface area contributed by atoms with Crippen molar-refractivity contribution in [3.8, 4) is 11.9 Å². The van der Waals surface area contributed by atoms with Gasteiger partial charge in [-0.2, -0.15) is 15.3 Å². The molecule has 0 aliphatic heterocycles. The predicted molar refractivity (Wildman–Crippen MR) is 150 cm³/mol. The minimum Gasteiger partial charge on any atom is -0.372 e. The normalized spacial score (nSPS) is 10.8. The number of benzene rings is 2. The van der Waals surface area contributed by atoms with E-state index in [9.17, 15) is 10.1 Å². The van der Waals surface area contributed by atoms with E-state index in [1.54, 1.807) is 24.5 Å². The van der Waals surface area contributed by atoms with E-state index in [1.807, 2.05) is 62.1 Å². The predicted octanol–water partition coefficient (Wildman–Crippen LogP) is 4.11. The van der Waals surface area contributed by atoms with Crippen molar-refractivity contribution in [2.75, 3.05) is 56.6 Å². The highest BCUT2D eigenvalue weighted by molar-refractivity contribution is 6.01. The Morgan fingerprint density at radius 3 is 2.68 bits per heavy atom. The molecule has 2 aromatic heterocycles. The fourth-order valence-electron chi connectivity index (χ4n) is 4.07. The third-order valence-corrected chi connectivity index (χ3v) is 6.02. The van der Waals surface area contributed by atoms with Gasteiger partial charge in [-0.05, 0) is 50.5 Å². The molecule has 0 saturated carbocycles. The molecular weight excluding hydrogens is 480 g/mol. The second-order valence-corrected chi connectivity index (χ2v) is 8.85. The van der Waals surface area contributed by atoms with Crippen molar-refractivity contribution >= 4 is 39.8 Å². The van der Waals surface area contributed by atoms with Crippen molar-refractivity contribution in [3.63, 3.8) is 0 Å². The molecule has 0 radical (unpaired) electrons. The molecule has 0 bridgehead atoms. The molecule has 0 aliphatic carbocycles. The zero-order valence-corrected chi connectivity index (χ0v) is 21.9. The van der Waals surface area contributed by atoms with E-state index in [-0.39, 0.29) is 11.9 Å². The van der Waals surface area contributed by atoms with Crippen LogP contribution in [0, 0.1) is 11.3 Å². The monoisotopic (exact) mass is 510 g/mol. The number of nitriles is 1. The van der Waals surface area contributed by atoms with Crippen molar-refractivity contribution in [1.82, 2.24) is 19.4 Å². The van der Waals surface area contributed by atoms with Gasteiger partial charge in [-0.25, -0.2) is 4.98 Å². The van der Waals surface area contributed by atoms with Gasteiger partial charge in [0.2, 0.25) is 5.91 Å². The maximum atomic E-state index is 12.2. The number of para-hydroxylation sites is 1. The number of carbonyl (C=O) groups is 1. The fraction of sp³-hybridized carbons (Fsp3) is 0.214. The molecule has 38 heavy (non-hydrogen) atoms. The van der Waals surface area contributed by atoms with Crippen LogP contribution < -0.4 is 15.3 Å². The lowest BCUT2D eigenvalue weighted by Gasteiger charge is -2.26. The maximum Gasteiger partial charge on any atom is 0.256 e. The molecule has 0 atom stereocenters. The fourth-order valence-corrected chi connectivity index (χ4v) is 4.07. The van der Waals surface area contributed by atoms with Gasteiger partial charge >= 0.3 is 0 Å². The number of carbonyl (C=O) groups excluding carboxylic acids is 1. The molecule has 4 rings (SSSR count). The number of aromatic nitrogens is 3. The molecule has 0 aliphatic rings. The number of rotatable bonds is 10. The molecule has 0 unspecified atom stereocenters. The summed E-state index contributed by atoms with van der Waals surface area (Å²) in [6.45, 7) is 5.18. The lowest BCUT2D eigenvalue weighted by Crippen LogP contribution is -2.29. The topological polar surface area (TPSA) is 103 Å². The van der Waals surface area contributed by atoms with Gasteiger partial charge in [-0.15, -0.1) is 0 Å². The molecule has 1 N–H and O–H groups in total. The van der Waals surface area contributed by atoms with Gasteiger partial charge < -0.3 is 15.1 Å². The van der Waals surface area contributed by atoms with Gasteiger partial charge in [-0.1, -0.05) is 24.8 Å². The van der Waals surface area contributed by atoms with Crippen molar-refractivity contribution in [2.24, 2.45) is 0 Å². The second kappa shape index (κ2) is 11.6. The molecule has 2 heterocycles. The average Bonchev–Trinajstić information content (AvgIpc) is 3.31. The summed E-state index contributed by atoms with van der Waals surface area (Å²) in [7, 11) is 7.52. The number of amides is 1. The smallest absolute Gasteiger partial charge is 0.256 e. The van der Waals surface area contributed by atoms with Crippen LogP contribution in [0.4, 0.5) is 23.0 Å². The Bertz CT molecular complexity index is 1500. The molecule has 194 valence electrons. The Hall–Kier alpha value is -4.72. The van der Waals surface area contributed by atoms with Crippen LogP contribution in [-0.2, 0) is 9.63 Å². The standard InChI is InChI=1S/C28H30N8O2/c1-6-27(37)31-23-17-21(11-12-25(23)34(4)16-15-33(2)3)36(38-5)28-30-14-13-26(32-28)35-19-20(18-29)22-9-7-8-10-24(22)35/h6-14,17,19H,1,15-16H2,2-5H3,(H,31,37). The third-order valence-electron chi connectivity index (χ3n) is 6.02. The SMILES string of the molecule is C=CC(=O)Nc1cc(N(OC)c2nccc(-n3cc(C#N)c4ccccc43)n2)ccc1N(C)CCN(C)C. The molecule has 1 amide bonds. The Balaban J connectivity index is 1.73. The molecule has 4 aromatic rings. The molecule has 2 aromatic carbocycles. The van der Waals surface area contributed by atoms with Crippen molar-refractivity contribution in [2.45, 2.75) is 0 Å². The number of nitrogens with zero attached hydrogens (tertiary/aromatic N) is 7. The Kier molecular flexibility index (Phi) is 8.01. The third kappa shape index (κ3) is 5.49. The summed E-state index contributed by atoms with van der Waals surface area (Å²) in [6.07, 6.45) is 4.62. The van der Waals surface area contributed by atoms with Crippen LogP contribution in [0.15, 0.2) is 73.6 Å². The summed E-state index contributed by atoms with van der Waals surface area (Å²) >= 11 is 0. The molecule has 0 saturated heterocycles. The zero-order chi connectivity index (χ0) is 27.2. The van der Waals surface area contributed by atoms with Gasteiger partial charge in [0.05, 0.1) is 35.3 Å². The average molecular weight is 511 g/mol. The number of hydrogen-bond donors (Lipinski definition) is 1. The summed E-state index contributed by atoms with van der Waals surface area (Å²) in [6, 6.07) is 17.3. The first kappa shape index (κ1) is 26.3. The summed E-state index contributed by atoms with van der Waals surface area (Å²) in [5, 5.41) is 14.8. The molecule has 10 nitrogen and oxygen atoms in total. The lowest BCUT2D eigenvalue weighted by molar-refractivity contribution is -0.111. The lowest BCUT2D eigenvalue weighted by atomic mass is 10.2. The summed E-state index contributed by atoms with van der Waals surface area (Å²) in [4.78, 5) is 31.2. The van der Waals surface area contributed by atoms with Crippen LogP contribution in [0.2, 0.25) is 0 Å². The summed E-state index contributed by atoms with van der Waals surface area (Å²) in [5.74, 6) is 0.547. The molecule has 10 heteroatoms. The van der Waals surface area contributed by atoms with E-state index in [1.165, 1.54) is 18.2 Å². The number of anilines is 4. The largest absolute Gasteiger partial charge is 0.372 e. The highest BCUT2D eigenvalue weighted by Gasteiger charge is 2.18. The van der Waals surface area contributed by atoms with Crippen molar-refractivity contribution in [1.29, 1.82) is 5.26 Å². The first-order valence-corrected chi connectivity index (χ1v) is 12.0. The van der Waals surface area contributed by atoms with E-state index in [2.05, 4.69) is 32.7 Å². The Labute approximate surface area is 221 Å². The van der Waals surface area contributed by atoms with Gasteiger partial charge in [0, 0.05) is 37.9 Å². The van der Waals surface area contributed by atoms with Crippen molar-refractivity contribution < 1.29 is 9.63 Å². The Morgan fingerprint density at radius 1 is 1.18 bits per heavy atom. The van der Waals surface area contributed by atoms with E-state index in [0.29, 0.717) is 22.8 Å². The van der Waals surface area contributed by atoms with Gasteiger partial charge in [0.25, 0.3) is 5.95 Å². The Morgan fingerprint density at radius 2 is 1.97 bits per heavy atom. The number of fused-ring (bicyclic) bond motifs is 1. The summed E-state index contributed by atoms with van der Waals surface area (Å²) in [5.41, 5.74) is 3.48. The van der Waals surface area contributed by atoms with Gasteiger partial charge in [0.1, 0.15) is 11.9 Å². The highest BCUT2D eigenvalue weighted by atomic mass is 16.7. The van der Waals surface area contributed by atoms with Gasteiger partial charge in [0.15, 0.2) is 0 Å². The number of likely N-dealkylation sites (N-methyl/N-ethyl adjacent to an activating group) is 2. The van der Waals surface area contributed by atoms with Crippen molar-refractivity contribution in [3.05, 3.63) is 79.1 Å². The molecular formula is C28H30N8O2. The first-order chi connectivity index (χ1) is 18.4. The minimum absolute atomic E-state index is 0.288. The van der Waals surface area contributed by atoms with E-state index < -0.39 is 0 Å².